The van der Waals surface area contributed by atoms with E-state index in [1.54, 1.807) is 6.07 Å². The van der Waals surface area contributed by atoms with Crippen LogP contribution < -0.4 is 4.74 Å². The summed E-state index contributed by atoms with van der Waals surface area (Å²) in [7, 11) is 1.35. The quantitative estimate of drug-likeness (QED) is 0.852. The Kier molecular flexibility index (Phi) is 4.53. The minimum atomic E-state index is -1.11. The molecular weight excluding hydrogens is 247 g/mol. The van der Waals surface area contributed by atoms with E-state index in [2.05, 4.69) is 0 Å². The van der Waals surface area contributed by atoms with Crippen LogP contribution in [0.15, 0.2) is 18.2 Å². The number of ether oxygens (including phenoxy) is 1. The van der Waals surface area contributed by atoms with E-state index in [0.29, 0.717) is 0 Å². The van der Waals surface area contributed by atoms with Crippen molar-refractivity contribution in [2.24, 2.45) is 5.92 Å². The van der Waals surface area contributed by atoms with Gasteiger partial charge in [0.2, 0.25) is 0 Å². The van der Waals surface area contributed by atoms with Crippen LogP contribution in [0.4, 0.5) is 4.39 Å². The zero-order valence-electron chi connectivity index (χ0n) is 11.1. The number of halogens is 1. The van der Waals surface area contributed by atoms with Crippen molar-refractivity contribution in [1.29, 1.82) is 0 Å². The highest BCUT2D eigenvalue weighted by Crippen LogP contribution is 2.29. The summed E-state index contributed by atoms with van der Waals surface area (Å²) in [6, 6.07) is 4.41. The predicted molar refractivity (Wildman–Crippen MR) is 69.9 cm³/mol. The first-order valence-corrected chi connectivity index (χ1v) is 6.70. The molecule has 0 aliphatic heterocycles. The summed E-state index contributed by atoms with van der Waals surface area (Å²) in [4.78, 5) is 12.2. The van der Waals surface area contributed by atoms with E-state index >= 15 is 0 Å². The second-order valence-electron chi connectivity index (χ2n) is 5.03. The van der Waals surface area contributed by atoms with Gasteiger partial charge < -0.3 is 9.84 Å². The second kappa shape index (κ2) is 6.15. The zero-order chi connectivity index (χ0) is 13.8. The summed E-state index contributed by atoms with van der Waals surface area (Å²) >= 11 is 0. The molecule has 3 nitrogen and oxygen atoms in total. The van der Waals surface area contributed by atoms with Crippen LogP contribution in [0.2, 0.25) is 0 Å². The van der Waals surface area contributed by atoms with E-state index in [1.165, 1.54) is 19.2 Å². The number of carbonyl (C=O) groups excluding carboxylic acids is 1. The number of Topliss-reactive ketones (excluding diaryl/α,β-unsaturated/α-hetero) is 1. The minimum Gasteiger partial charge on any atom is -0.494 e. The molecule has 104 valence electrons. The molecule has 0 saturated heterocycles. The van der Waals surface area contributed by atoms with Crippen LogP contribution >= 0.6 is 0 Å². The highest BCUT2D eigenvalue weighted by molar-refractivity contribution is 6.00. The van der Waals surface area contributed by atoms with Crippen LogP contribution in [-0.4, -0.2) is 24.1 Å². The van der Waals surface area contributed by atoms with Crippen molar-refractivity contribution in [1.82, 2.24) is 0 Å². The van der Waals surface area contributed by atoms with E-state index in [4.69, 9.17) is 4.74 Å². The predicted octanol–water partition coefficient (Wildman–Crippen LogP) is 2.96. The van der Waals surface area contributed by atoms with Crippen molar-refractivity contribution in [2.45, 2.75) is 38.2 Å². The molecule has 1 atom stereocenters. The molecule has 1 N–H and O–H groups in total. The molecule has 0 spiro atoms. The van der Waals surface area contributed by atoms with E-state index in [1.807, 2.05) is 0 Å². The molecule has 1 saturated carbocycles. The molecule has 0 radical (unpaired) electrons. The highest BCUT2D eigenvalue weighted by atomic mass is 19.1. The van der Waals surface area contributed by atoms with Crippen molar-refractivity contribution in [3.05, 3.63) is 29.6 Å². The topological polar surface area (TPSA) is 46.5 Å². The number of aliphatic hydroxyl groups excluding tert-OH is 1. The average molecular weight is 266 g/mol. The first-order chi connectivity index (χ1) is 9.15. The van der Waals surface area contributed by atoms with Crippen LogP contribution in [0, 0.1) is 11.7 Å². The standard InChI is InChI=1S/C15H19FO3/c1-19-12-9-5-8-11(13(12)16)15(18)14(17)10-6-3-2-4-7-10/h5,8-10,14,17H,2-4,6-7H2,1H3. The van der Waals surface area contributed by atoms with Gasteiger partial charge >= 0.3 is 0 Å². The van der Waals surface area contributed by atoms with Gasteiger partial charge in [-0.2, -0.15) is 0 Å². The van der Waals surface area contributed by atoms with Gasteiger partial charge in [-0.1, -0.05) is 25.3 Å². The van der Waals surface area contributed by atoms with Gasteiger partial charge in [0, 0.05) is 0 Å². The second-order valence-corrected chi connectivity index (χ2v) is 5.03. The van der Waals surface area contributed by atoms with Crippen molar-refractivity contribution in [2.75, 3.05) is 7.11 Å². The van der Waals surface area contributed by atoms with Gasteiger partial charge in [0.15, 0.2) is 17.3 Å². The molecule has 0 amide bonds. The largest absolute Gasteiger partial charge is 0.494 e. The van der Waals surface area contributed by atoms with Gasteiger partial charge in [-0.15, -0.1) is 0 Å². The number of methoxy groups -OCH3 is 1. The SMILES string of the molecule is COc1cccc(C(=O)C(O)C2CCCCC2)c1F. The Morgan fingerprint density at radius 2 is 2.05 bits per heavy atom. The molecule has 1 aromatic carbocycles. The summed E-state index contributed by atoms with van der Waals surface area (Å²) in [5, 5.41) is 10.1. The molecule has 0 aromatic heterocycles. The summed E-state index contributed by atoms with van der Waals surface area (Å²) in [6.07, 6.45) is 3.74. The fraction of sp³-hybridized carbons (Fsp3) is 0.533. The number of benzene rings is 1. The van der Waals surface area contributed by atoms with Crippen molar-refractivity contribution in [3.63, 3.8) is 0 Å². The number of ketones is 1. The Morgan fingerprint density at radius 3 is 2.68 bits per heavy atom. The average Bonchev–Trinajstić information content (AvgIpc) is 2.47. The minimum absolute atomic E-state index is 0.0293. The molecule has 0 heterocycles. The molecule has 1 aromatic rings. The molecule has 19 heavy (non-hydrogen) atoms. The monoisotopic (exact) mass is 266 g/mol. The van der Waals surface area contributed by atoms with Crippen LogP contribution in [0.3, 0.4) is 0 Å². The lowest BCUT2D eigenvalue weighted by Crippen LogP contribution is -2.31. The molecule has 1 aliphatic carbocycles. The molecule has 4 heteroatoms. The molecule has 1 aliphatic rings. The van der Waals surface area contributed by atoms with Crippen LogP contribution in [-0.2, 0) is 0 Å². The third-order valence-corrected chi connectivity index (χ3v) is 3.81. The smallest absolute Gasteiger partial charge is 0.194 e. The van der Waals surface area contributed by atoms with Gasteiger partial charge in [-0.3, -0.25) is 4.79 Å². The number of hydrogen-bond acceptors (Lipinski definition) is 3. The number of rotatable bonds is 4. The Hall–Kier alpha value is -1.42. The summed E-state index contributed by atoms with van der Waals surface area (Å²) in [5.41, 5.74) is -0.0857. The fourth-order valence-electron chi connectivity index (χ4n) is 2.68. The van der Waals surface area contributed by atoms with E-state index < -0.39 is 17.7 Å². The third-order valence-electron chi connectivity index (χ3n) is 3.81. The highest BCUT2D eigenvalue weighted by Gasteiger charge is 2.30. The van der Waals surface area contributed by atoms with Crippen LogP contribution in [0.1, 0.15) is 42.5 Å². The molecular formula is C15H19FO3. The van der Waals surface area contributed by atoms with Gasteiger partial charge in [0.25, 0.3) is 0 Å². The normalized spacial score (nSPS) is 18.1. The third kappa shape index (κ3) is 2.95. The Labute approximate surface area is 112 Å². The number of carbonyl (C=O) groups is 1. The fourth-order valence-corrected chi connectivity index (χ4v) is 2.68. The summed E-state index contributed by atoms with van der Waals surface area (Å²) in [6.45, 7) is 0. The maximum absolute atomic E-state index is 14.0. The number of aliphatic hydroxyl groups is 1. The molecule has 0 bridgehead atoms. The first kappa shape index (κ1) is 14.0. The number of hydrogen-bond donors (Lipinski definition) is 1. The van der Waals surface area contributed by atoms with E-state index in [9.17, 15) is 14.3 Å². The van der Waals surface area contributed by atoms with E-state index in [-0.39, 0.29) is 17.2 Å². The van der Waals surface area contributed by atoms with Gasteiger partial charge in [-0.25, -0.2) is 4.39 Å². The molecule has 1 unspecified atom stereocenters. The van der Waals surface area contributed by atoms with Crippen LogP contribution in [0.25, 0.3) is 0 Å². The summed E-state index contributed by atoms with van der Waals surface area (Å²) in [5.74, 6) is -1.25. The lowest BCUT2D eigenvalue weighted by atomic mass is 9.82. The maximum Gasteiger partial charge on any atom is 0.194 e. The van der Waals surface area contributed by atoms with Crippen molar-refractivity contribution >= 4 is 5.78 Å². The molecule has 2 rings (SSSR count). The van der Waals surface area contributed by atoms with Gasteiger partial charge in [0.05, 0.1) is 12.7 Å². The first-order valence-electron chi connectivity index (χ1n) is 6.70. The molecule has 1 fully saturated rings. The van der Waals surface area contributed by atoms with Gasteiger partial charge in [-0.05, 0) is 30.9 Å². The lowest BCUT2D eigenvalue weighted by Gasteiger charge is -2.25. The lowest BCUT2D eigenvalue weighted by molar-refractivity contribution is 0.0530. The Morgan fingerprint density at radius 1 is 1.37 bits per heavy atom. The van der Waals surface area contributed by atoms with Gasteiger partial charge in [0.1, 0.15) is 6.10 Å². The van der Waals surface area contributed by atoms with E-state index in [0.717, 1.165) is 32.1 Å². The summed E-state index contributed by atoms with van der Waals surface area (Å²) < 4.78 is 18.8. The zero-order valence-corrected chi connectivity index (χ0v) is 11.1. The van der Waals surface area contributed by atoms with Crippen LogP contribution in [0.5, 0.6) is 5.75 Å². The van der Waals surface area contributed by atoms with Crippen molar-refractivity contribution in [3.8, 4) is 5.75 Å². The van der Waals surface area contributed by atoms with Crippen molar-refractivity contribution < 1.29 is 19.0 Å². The Balaban J connectivity index is 2.18. The Bertz CT molecular complexity index is 453. The maximum atomic E-state index is 14.0.